The zero-order valence-corrected chi connectivity index (χ0v) is 20.2. The summed E-state index contributed by atoms with van der Waals surface area (Å²) in [6.07, 6.45) is 1.33. The predicted octanol–water partition coefficient (Wildman–Crippen LogP) is 4.21. The number of carbonyl (C=O) groups is 3. The van der Waals surface area contributed by atoms with Crippen LogP contribution >= 0.6 is 27.5 Å². The van der Waals surface area contributed by atoms with E-state index in [2.05, 4.69) is 31.8 Å². The molecule has 3 rings (SSSR count). The zero-order chi connectivity index (χ0) is 24.5. The highest BCUT2D eigenvalue weighted by molar-refractivity contribution is 9.10. The van der Waals surface area contributed by atoms with Gasteiger partial charge in [-0.3, -0.25) is 9.59 Å². The third-order valence-corrected chi connectivity index (χ3v) is 5.15. The van der Waals surface area contributed by atoms with E-state index in [1.807, 2.05) is 0 Å². The van der Waals surface area contributed by atoms with E-state index in [0.717, 1.165) is 4.47 Å². The maximum Gasteiger partial charge on any atom is 0.343 e. The molecular formula is C24H19BrClN3O5. The number of amides is 2. The normalized spacial score (nSPS) is 10.6. The molecule has 3 aromatic rings. The molecule has 0 spiro atoms. The van der Waals surface area contributed by atoms with Crippen molar-refractivity contribution in [2.24, 2.45) is 5.10 Å². The second-order valence-electron chi connectivity index (χ2n) is 6.78. The van der Waals surface area contributed by atoms with Crippen molar-refractivity contribution in [1.29, 1.82) is 0 Å². The molecule has 3 aromatic carbocycles. The Kier molecular flexibility index (Phi) is 8.78. The van der Waals surface area contributed by atoms with Crippen LogP contribution in [0.5, 0.6) is 11.5 Å². The van der Waals surface area contributed by atoms with Crippen LogP contribution in [0.3, 0.4) is 0 Å². The number of halogens is 2. The molecule has 0 radical (unpaired) electrons. The van der Waals surface area contributed by atoms with Gasteiger partial charge in [-0.25, -0.2) is 10.2 Å². The van der Waals surface area contributed by atoms with Gasteiger partial charge in [-0.15, -0.1) is 0 Å². The van der Waals surface area contributed by atoms with Gasteiger partial charge in [0.15, 0.2) is 0 Å². The summed E-state index contributed by atoms with van der Waals surface area (Å²) in [5, 5.41) is 6.89. The van der Waals surface area contributed by atoms with Crippen molar-refractivity contribution in [3.8, 4) is 11.5 Å². The average Bonchev–Trinajstić information content (AvgIpc) is 2.84. The van der Waals surface area contributed by atoms with E-state index in [4.69, 9.17) is 21.1 Å². The minimum absolute atomic E-state index is 0.244. The second-order valence-corrected chi connectivity index (χ2v) is 8.14. The molecule has 0 bridgehead atoms. The molecule has 0 aliphatic heterocycles. The van der Waals surface area contributed by atoms with Gasteiger partial charge in [0, 0.05) is 20.6 Å². The highest BCUT2D eigenvalue weighted by atomic mass is 79.9. The summed E-state index contributed by atoms with van der Waals surface area (Å²) in [5.41, 5.74) is 3.48. The number of hydrogen-bond donors (Lipinski definition) is 2. The van der Waals surface area contributed by atoms with Crippen molar-refractivity contribution in [3.05, 3.63) is 92.9 Å². The van der Waals surface area contributed by atoms with Gasteiger partial charge >= 0.3 is 5.97 Å². The largest absolute Gasteiger partial charge is 0.497 e. The molecular weight excluding hydrogens is 526 g/mol. The van der Waals surface area contributed by atoms with E-state index in [0.29, 0.717) is 27.5 Å². The quantitative estimate of drug-likeness (QED) is 0.191. The van der Waals surface area contributed by atoms with Gasteiger partial charge in [0.1, 0.15) is 11.5 Å². The maximum absolute atomic E-state index is 12.4. The third-order valence-electron chi connectivity index (χ3n) is 4.41. The number of hydrazone groups is 1. The van der Waals surface area contributed by atoms with Crippen LogP contribution < -0.4 is 20.2 Å². The lowest BCUT2D eigenvalue weighted by Gasteiger charge is -2.08. The van der Waals surface area contributed by atoms with E-state index in [1.165, 1.54) is 13.3 Å². The Bertz CT molecular complexity index is 1210. The fourth-order valence-corrected chi connectivity index (χ4v) is 3.18. The second kappa shape index (κ2) is 12.0. The molecule has 0 aliphatic carbocycles. The summed E-state index contributed by atoms with van der Waals surface area (Å²) in [5.74, 6) is -0.653. The van der Waals surface area contributed by atoms with Gasteiger partial charge in [0.25, 0.3) is 11.8 Å². The third kappa shape index (κ3) is 7.16. The molecule has 0 saturated carbocycles. The Balaban J connectivity index is 1.57. The average molecular weight is 545 g/mol. The Morgan fingerprint density at radius 2 is 1.68 bits per heavy atom. The van der Waals surface area contributed by atoms with Crippen molar-refractivity contribution in [1.82, 2.24) is 10.7 Å². The van der Waals surface area contributed by atoms with Crippen molar-refractivity contribution in [2.75, 3.05) is 13.7 Å². The van der Waals surface area contributed by atoms with Crippen molar-refractivity contribution in [2.45, 2.75) is 0 Å². The lowest BCUT2D eigenvalue weighted by molar-refractivity contribution is -0.120. The Morgan fingerprint density at radius 3 is 2.35 bits per heavy atom. The number of methoxy groups -OCH3 is 1. The SMILES string of the molecule is COc1ccc(C(=O)NCC(=O)NN=Cc2cc(Br)ccc2OC(=O)c2ccc(Cl)cc2)cc1. The minimum Gasteiger partial charge on any atom is -0.497 e. The summed E-state index contributed by atoms with van der Waals surface area (Å²) in [7, 11) is 1.53. The van der Waals surface area contributed by atoms with E-state index < -0.39 is 17.8 Å². The summed E-state index contributed by atoms with van der Waals surface area (Å²) in [6.45, 7) is -0.279. The van der Waals surface area contributed by atoms with Gasteiger partial charge in [-0.1, -0.05) is 27.5 Å². The van der Waals surface area contributed by atoms with Gasteiger partial charge in [-0.2, -0.15) is 5.10 Å². The van der Waals surface area contributed by atoms with Crippen LogP contribution in [0.4, 0.5) is 0 Å². The Hall–Kier alpha value is -3.69. The first-order valence-corrected chi connectivity index (χ1v) is 11.0. The zero-order valence-electron chi connectivity index (χ0n) is 17.9. The van der Waals surface area contributed by atoms with Crippen molar-refractivity contribution in [3.63, 3.8) is 0 Å². The summed E-state index contributed by atoms with van der Waals surface area (Å²) in [4.78, 5) is 36.6. The highest BCUT2D eigenvalue weighted by Crippen LogP contribution is 2.23. The molecule has 0 aromatic heterocycles. The van der Waals surface area contributed by atoms with Crippen LogP contribution in [0.15, 0.2) is 76.3 Å². The predicted molar refractivity (Wildman–Crippen MR) is 132 cm³/mol. The number of benzene rings is 3. The van der Waals surface area contributed by atoms with Crippen LogP contribution in [-0.4, -0.2) is 37.7 Å². The van der Waals surface area contributed by atoms with Gasteiger partial charge in [0.05, 0.1) is 25.4 Å². The first-order valence-electron chi connectivity index (χ1n) is 9.87. The molecule has 8 nitrogen and oxygen atoms in total. The smallest absolute Gasteiger partial charge is 0.343 e. The van der Waals surface area contributed by atoms with E-state index >= 15 is 0 Å². The van der Waals surface area contributed by atoms with Gasteiger partial charge in [-0.05, 0) is 66.7 Å². The lowest BCUT2D eigenvalue weighted by Crippen LogP contribution is -2.34. The van der Waals surface area contributed by atoms with Crippen LogP contribution in [0.25, 0.3) is 0 Å². The molecule has 34 heavy (non-hydrogen) atoms. The number of nitrogens with one attached hydrogen (secondary N) is 2. The highest BCUT2D eigenvalue weighted by Gasteiger charge is 2.12. The summed E-state index contributed by atoms with van der Waals surface area (Å²) < 4.78 is 11.2. The van der Waals surface area contributed by atoms with E-state index in [1.54, 1.807) is 66.7 Å². The first kappa shape index (κ1) is 24.9. The van der Waals surface area contributed by atoms with Gasteiger partial charge in [0.2, 0.25) is 0 Å². The number of hydrogen-bond acceptors (Lipinski definition) is 6. The van der Waals surface area contributed by atoms with Crippen LogP contribution in [0.1, 0.15) is 26.3 Å². The summed E-state index contributed by atoms with van der Waals surface area (Å²) >= 11 is 9.20. The molecule has 2 N–H and O–H groups in total. The molecule has 0 unspecified atom stereocenters. The monoisotopic (exact) mass is 543 g/mol. The summed E-state index contributed by atoms with van der Waals surface area (Å²) in [6, 6.07) is 17.7. The minimum atomic E-state index is -0.570. The van der Waals surface area contributed by atoms with Crippen molar-refractivity contribution < 1.29 is 23.9 Å². The van der Waals surface area contributed by atoms with Crippen LogP contribution in [0, 0.1) is 0 Å². The molecule has 2 amide bonds. The number of rotatable bonds is 8. The molecule has 174 valence electrons. The lowest BCUT2D eigenvalue weighted by atomic mass is 10.2. The standard InChI is InChI=1S/C24H19BrClN3O5/c1-33-20-9-4-15(5-10-20)23(31)27-14-22(30)29-28-13-17-12-18(25)6-11-21(17)34-24(32)16-2-7-19(26)8-3-16/h2-13H,14H2,1H3,(H,27,31)(H,29,30). The number of ether oxygens (including phenoxy) is 2. The molecule has 0 fully saturated rings. The molecule has 0 atom stereocenters. The molecule has 0 heterocycles. The van der Waals surface area contributed by atoms with Crippen LogP contribution in [-0.2, 0) is 4.79 Å². The molecule has 0 aliphatic rings. The first-order chi connectivity index (χ1) is 16.4. The van der Waals surface area contributed by atoms with Gasteiger partial charge < -0.3 is 14.8 Å². The Labute approximate surface area is 209 Å². The topological polar surface area (TPSA) is 106 Å². The number of carbonyl (C=O) groups excluding carboxylic acids is 3. The molecule has 10 heteroatoms. The fourth-order valence-electron chi connectivity index (χ4n) is 2.68. The van der Waals surface area contributed by atoms with E-state index in [9.17, 15) is 14.4 Å². The Morgan fingerprint density at radius 1 is 1.00 bits per heavy atom. The molecule has 0 saturated heterocycles. The van der Waals surface area contributed by atoms with Crippen LogP contribution in [0.2, 0.25) is 5.02 Å². The fraction of sp³-hybridized carbons (Fsp3) is 0.0833. The number of esters is 1. The maximum atomic E-state index is 12.4. The van der Waals surface area contributed by atoms with E-state index in [-0.39, 0.29) is 12.3 Å². The van der Waals surface area contributed by atoms with Crippen molar-refractivity contribution >= 4 is 51.5 Å². The number of nitrogens with zero attached hydrogens (tertiary/aromatic N) is 1.